The fourth-order valence-electron chi connectivity index (χ4n) is 0.688. The lowest BCUT2D eigenvalue weighted by Gasteiger charge is -2.05. The molecule has 0 aliphatic heterocycles. The Labute approximate surface area is 72.3 Å². The molecule has 0 saturated heterocycles. The Morgan fingerprint density at radius 3 is 2.25 bits per heavy atom. The Balaban J connectivity index is 4.53. The van der Waals surface area contributed by atoms with Gasteiger partial charge in [-0.1, -0.05) is 18.2 Å². The van der Waals surface area contributed by atoms with Crippen LogP contribution < -0.4 is 0 Å². The average molecular weight is 188 g/mol. The lowest BCUT2D eigenvalue weighted by atomic mass is 10.3. The molecule has 0 amide bonds. The minimum Gasteiger partial charge on any atom is -0.321 e. The molecule has 0 fully saturated rings. The van der Waals surface area contributed by atoms with Crippen molar-refractivity contribution in [2.24, 2.45) is 0 Å². The molecule has 12 heavy (non-hydrogen) atoms. The monoisotopic (exact) mass is 188 g/mol. The van der Waals surface area contributed by atoms with E-state index in [0.717, 1.165) is 0 Å². The van der Waals surface area contributed by atoms with Gasteiger partial charge in [-0.3, -0.25) is 4.57 Å². The first-order valence-electron chi connectivity index (χ1n) is 3.49. The van der Waals surface area contributed by atoms with Crippen LogP contribution in [-0.2, 0) is 4.57 Å². The molecule has 4 heteroatoms. The maximum Gasteiger partial charge on any atom is 0.352 e. The summed E-state index contributed by atoms with van der Waals surface area (Å²) in [5.41, 5.74) is 0. The number of rotatable bonds is 5. The van der Waals surface area contributed by atoms with E-state index >= 15 is 0 Å². The summed E-state index contributed by atoms with van der Waals surface area (Å²) in [6.45, 7) is 6.86. The fourth-order valence-corrected chi connectivity index (χ4v) is 1.40. The molecule has 0 aliphatic rings. The Kier molecular flexibility index (Phi) is 4.83. The predicted molar refractivity (Wildman–Crippen MR) is 49.8 cm³/mol. The molecule has 2 N–H and O–H groups in total. The summed E-state index contributed by atoms with van der Waals surface area (Å²) < 4.78 is 10.8. The zero-order chi connectivity index (χ0) is 9.61. The van der Waals surface area contributed by atoms with Crippen LogP contribution in [0.1, 0.15) is 12.8 Å². The van der Waals surface area contributed by atoms with Gasteiger partial charge in [-0.2, -0.15) is 0 Å². The van der Waals surface area contributed by atoms with Gasteiger partial charge in [0.25, 0.3) is 0 Å². The first-order valence-corrected chi connectivity index (χ1v) is 5.10. The summed E-state index contributed by atoms with van der Waals surface area (Å²) in [5.74, 6) is 0. The van der Waals surface area contributed by atoms with Gasteiger partial charge in [-0.15, -0.1) is 13.2 Å². The third-order valence-corrected chi connectivity index (χ3v) is 2.36. The predicted octanol–water partition coefficient (Wildman–Crippen LogP) is 2.20. The lowest BCUT2D eigenvalue weighted by molar-refractivity contribution is 0.381. The highest BCUT2D eigenvalue weighted by Crippen LogP contribution is 2.46. The zero-order valence-corrected chi connectivity index (χ0v) is 7.70. The van der Waals surface area contributed by atoms with E-state index in [9.17, 15) is 4.57 Å². The summed E-state index contributed by atoms with van der Waals surface area (Å²) in [5, 5.41) is 0.109. The largest absolute Gasteiger partial charge is 0.352 e. The van der Waals surface area contributed by atoms with Crippen LogP contribution in [-0.4, -0.2) is 9.79 Å². The van der Waals surface area contributed by atoms with E-state index in [2.05, 4.69) is 13.2 Å². The molecule has 0 spiro atoms. The SMILES string of the molecule is C=CCC=C(CC=C)P(=O)(O)O. The minimum absolute atomic E-state index is 0.109. The molecule has 0 rings (SSSR count). The molecule has 68 valence electrons. The van der Waals surface area contributed by atoms with Gasteiger partial charge in [0.2, 0.25) is 0 Å². The normalized spacial score (nSPS) is 12.7. The Morgan fingerprint density at radius 1 is 1.33 bits per heavy atom. The third-order valence-electron chi connectivity index (χ3n) is 1.25. The van der Waals surface area contributed by atoms with Gasteiger partial charge in [0.05, 0.1) is 0 Å². The highest BCUT2D eigenvalue weighted by Gasteiger charge is 2.18. The molecule has 0 aliphatic carbocycles. The summed E-state index contributed by atoms with van der Waals surface area (Å²) in [6.07, 6.45) is 5.22. The average Bonchev–Trinajstić information content (AvgIpc) is 1.95. The molecule has 0 unspecified atom stereocenters. The topological polar surface area (TPSA) is 57.5 Å². The van der Waals surface area contributed by atoms with Crippen LogP contribution in [0.15, 0.2) is 36.7 Å². The molecule has 0 bridgehead atoms. The molecule has 3 nitrogen and oxygen atoms in total. The van der Waals surface area contributed by atoms with Gasteiger partial charge in [-0.25, -0.2) is 0 Å². The van der Waals surface area contributed by atoms with E-state index in [4.69, 9.17) is 9.79 Å². The summed E-state index contributed by atoms with van der Waals surface area (Å²) in [6, 6.07) is 0. The quantitative estimate of drug-likeness (QED) is 0.513. The second kappa shape index (κ2) is 5.09. The Bertz CT molecular complexity index is 237. The van der Waals surface area contributed by atoms with Crippen molar-refractivity contribution in [3.05, 3.63) is 36.7 Å². The van der Waals surface area contributed by atoms with Gasteiger partial charge in [0.1, 0.15) is 0 Å². The highest BCUT2D eigenvalue weighted by molar-refractivity contribution is 7.56. The lowest BCUT2D eigenvalue weighted by Crippen LogP contribution is -1.84. The van der Waals surface area contributed by atoms with Crippen LogP contribution in [0.25, 0.3) is 0 Å². The van der Waals surface area contributed by atoms with Gasteiger partial charge in [0, 0.05) is 5.31 Å². The number of hydrogen-bond donors (Lipinski definition) is 2. The molecule has 0 heterocycles. The van der Waals surface area contributed by atoms with Crippen molar-refractivity contribution < 1.29 is 14.4 Å². The molecule has 0 radical (unpaired) electrons. The molecular weight excluding hydrogens is 175 g/mol. The smallest absolute Gasteiger partial charge is 0.321 e. The van der Waals surface area contributed by atoms with Crippen LogP contribution in [0.2, 0.25) is 0 Å². The highest BCUT2D eigenvalue weighted by atomic mass is 31.2. The minimum atomic E-state index is -4.08. The maximum absolute atomic E-state index is 10.8. The van der Waals surface area contributed by atoms with E-state index in [1.165, 1.54) is 12.2 Å². The van der Waals surface area contributed by atoms with Gasteiger partial charge >= 0.3 is 7.60 Å². The standard InChI is InChI=1S/C8H13O3P/c1-3-5-7-8(6-4-2)12(9,10)11/h3-4,7H,1-2,5-6H2,(H2,9,10,11). The van der Waals surface area contributed by atoms with Gasteiger partial charge in [-0.05, 0) is 12.8 Å². The third kappa shape index (κ3) is 4.29. The second-order valence-electron chi connectivity index (χ2n) is 2.26. The molecule has 0 saturated carbocycles. The van der Waals surface area contributed by atoms with Crippen LogP contribution in [0.3, 0.4) is 0 Å². The first-order chi connectivity index (χ1) is 5.52. The summed E-state index contributed by atoms with van der Waals surface area (Å²) in [7, 11) is -4.08. The van der Waals surface area contributed by atoms with Crippen molar-refractivity contribution in [3.8, 4) is 0 Å². The van der Waals surface area contributed by atoms with E-state index in [1.807, 2.05) is 0 Å². The van der Waals surface area contributed by atoms with Crippen molar-refractivity contribution in [2.75, 3.05) is 0 Å². The molecule has 0 aromatic heterocycles. The number of hydrogen-bond acceptors (Lipinski definition) is 1. The van der Waals surface area contributed by atoms with Crippen LogP contribution in [0.4, 0.5) is 0 Å². The van der Waals surface area contributed by atoms with Crippen molar-refractivity contribution >= 4 is 7.60 Å². The van der Waals surface area contributed by atoms with E-state index in [1.54, 1.807) is 6.08 Å². The Hall–Kier alpha value is -0.630. The van der Waals surface area contributed by atoms with Crippen molar-refractivity contribution in [1.29, 1.82) is 0 Å². The summed E-state index contributed by atoms with van der Waals surface area (Å²) >= 11 is 0. The van der Waals surface area contributed by atoms with E-state index in [0.29, 0.717) is 6.42 Å². The molecule has 0 atom stereocenters. The zero-order valence-electron chi connectivity index (χ0n) is 6.81. The van der Waals surface area contributed by atoms with Gasteiger partial charge in [0.15, 0.2) is 0 Å². The van der Waals surface area contributed by atoms with E-state index < -0.39 is 7.60 Å². The maximum atomic E-state index is 10.8. The van der Waals surface area contributed by atoms with Crippen molar-refractivity contribution in [2.45, 2.75) is 12.8 Å². The van der Waals surface area contributed by atoms with Crippen molar-refractivity contribution in [1.82, 2.24) is 0 Å². The van der Waals surface area contributed by atoms with E-state index in [-0.39, 0.29) is 11.7 Å². The molecule has 0 aromatic carbocycles. The second-order valence-corrected chi connectivity index (χ2v) is 3.92. The Morgan fingerprint density at radius 2 is 1.92 bits per heavy atom. The summed E-state index contributed by atoms with van der Waals surface area (Å²) in [4.78, 5) is 17.6. The first kappa shape index (κ1) is 11.4. The van der Waals surface area contributed by atoms with Gasteiger partial charge < -0.3 is 9.79 Å². The van der Waals surface area contributed by atoms with Crippen LogP contribution >= 0.6 is 7.60 Å². The molecular formula is C8H13O3P. The van der Waals surface area contributed by atoms with Crippen LogP contribution in [0, 0.1) is 0 Å². The fraction of sp³-hybridized carbons (Fsp3) is 0.250. The number of allylic oxidation sites excluding steroid dienone is 4. The molecule has 0 aromatic rings. The van der Waals surface area contributed by atoms with Crippen molar-refractivity contribution in [3.63, 3.8) is 0 Å². The van der Waals surface area contributed by atoms with Crippen LogP contribution in [0.5, 0.6) is 0 Å².